The van der Waals surface area contributed by atoms with Gasteiger partial charge in [-0.25, -0.2) is 0 Å². The van der Waals surface area contributed by atoms with Gasteiger partial charge in [0.2, 0.25) is 0 Å². The standard InChI is InChI=1S/C8H14N/c1-8(2)6-4-3-5-7-9/h4,8H,3,5-6H2,1-2H3. The SMILES string of the molecule is CC(C)C[CH]CCC#N. The second kappa shape index (κ2) is 5.62. The molecule has 9 heavy (non-hydrogen) atoms. The van der Waals surface area contributed by atoms with Gasteiger partial charge in [0.05, 0.1) is 6.07 Å². The van der Waals surface area contributed by atoms with Crippen LogP contribution in [0.2, 0.25) is 0 Å². The van der Waals surface area contributed by atoms with Gasteiger partial charge in [0.15, 0.2) is 0 Å². The van der Waals surface area contributed by atoms with Gasteiger partial charge in [0.25, 0.3) is 0 Å². The Morgan fingerprint density at radius 2 is 2.22 bits per heavy atom. The van der Waals surface area contributed by atoms with E-state index in [0.29, 0.717) is 6.42 Å². The molecule has 0 saturated carbocycles. The highest BCUT2D eigenvalue weighted by molar-refractivity contribution is 4.75. The fourth-order valence-corrected chi connectivity index (χ4v) is 0.618. The number of hydrogen-bond donors (Lipinski definition) is 0. The minimum Gasteiger partial charge on any atom is -0.198 e. The lowest BCUT2D eigenvalue weighted by molar-refractivity contribution is 0.621. The van der Waals surface area contributed by atoms with Crippen LogP contribution in [-0.2, 0) is 0 Å². The molecule has 0 aromatic rings. The third-order valence-corrected chi connectivity index (χ3v) is 1.10. The van der Waals surface area contributed by atoms with E-state index in [1.807, 2.05) is 0 Å². The highest BCUT2D eigenvalue weighted by Gasteiger charge is 1.92. The summed E-state index contributed by atoms with van der Waals surface area (Å²) in [4.78, 5) is 0. The molecule has 0 unspecified atom stereocenters. The average Bonchev–Trinajstić information content (AvgIpc) is 1.80. The van der Waals surface area contributed by atoms with Crippen molar-refractivity contribution in [1.82, 2.24) is 0 Å². The molecular weight excluding hydrogens is 110 g/mol. The summed E-state index contributed by atoms with van der Waals surface area (Å²) in [5.74, 6) is 0.740. The molecule has 0 saturated heterocycles. The molecule has 0 aromatic carbocycles. The highest BCUT2D eigenvalue weighted by Crippen LogP contribution is 2.05. The zero-order valence-corrected chi connectivity index (χ0v) is 6.22. The predicted octanol–water partition coefficient (Wildman–Crippen LogP) is 2.54. The summed E-state index contributed by atoms with van der Waals surface area (Å²) in [5.41, 5.74) is 0. The molecule has 0 amide bonds. The summed E-state index contributed by atoms with van der Waals surface area (Å²) < 4.78 is 0. The molecule has 0 aliphatic rings. The number of rotatable bonds is 4. The quantitative estimate of drug-likeness (QED) is 0.528. The van der Waals surface area contributed by atoms with Crippen molar-refractivity contribution in [3.05, 3.63) is 6.42 Å². The van der Waals surface area contributed by atoms with E-state index in [1.54, 1.807) is 0 Å². The van der Waals surface area contributed by atoms with Crippen LogP contribution in [-0.4, -0.2) is 0 Å². The van der Waals surface area contributed by atoms with Crippen LogP contribution in [0.5, 0.6) is 0 Å². The van der Waals surface area contributed by atoms with Crippen LogP contribution in [0.3, 0.4) is 0 Å². The van der Waals surface area contributed by atoms with Crippen molar-refractivity contribution < 1.29 is 0 Å². The molecule has 0 N–H and O–H groups in total. The van der Waals surface area contributed by atoms with Crippen LogP contribution in [0.4, 0.5) is 0 Å². The number of nitriles is 1. The Morgan fingerprint density at radius 3 is 2.67 bits per heavy atom. The van der Waals surface area contributed by atoms with E-state index in [-0.39, 0.29) is 0 Å². The zero-order valence-electron chi connectivity index (χ0n) is 6.22. The molecule has 1 nitrogen and oxygen atoms in total. The molecular formula is C8H14N. The third-order valence-electron chi connectivity index (χ3n) is 1.10. The maximum absolute atomic E-state index is 8.16. The first-order valence-electron chi connectivity index (χ1n) is 3.46. The van der Waals surface area contributed by atoms with E-state index in [9.17, 15) is 0 Å². The molecule has 0 aromatic heterocycles. The summed E-state index contributed by atoms with van der Waals surface area (Å²) in [6.45, 7) is 4.37. The Labute approximate surface area is 57.7 Å². The minimum absolute atomic E-state index is 0.673. The van der Waals surface area contributed by atoms with Crippen molar-refractivity contribution in [3.8, 4) is 6.07 Å². The fourth-order valence-electron chi connectivity index (χ4n) is 0.618. The molecule has 0 aliphatic carbocycles. The third kappa shape index (κ3) is 7.49. The summed E-state index contributed by atoms with van der Waals surface area (Å²) in [6.07, 6.45) is 4.96. The molecule has 1 heteroatoms. The van der Waals surface area contributed by atoms with E-state index in [2.05, 4.69) is 26.3 Å². The Morgan fingerprint density at radius 1 is 1.56 bits per heavy atom. The van der Waals surface area contributed by atoms with Gasteiger partial charge in [0, 0.05) is 6.42 Å². The van der Waals surface area contributed by atoms with Gasteiger partial charge in [-0.3, -0.25) is 0 Å². The molecule has 0 atom stereocenters. The zero-order chi connectivity index (χ0) is 7.11. The minimum atomic E-state index is 0.673. The number of unbranched alkanes of at least 4 members (excludes halogenated alkanes) is 2. The molecule has 1 radical (unpaired) electrons. The first kappa shape index (κ1) is 8.49. The second-order valence-electron chi connectivity index (χ2n) is 2.62. The maximum Gasteiger partial charge on any atom is 0.0621 e. The first-order chi connectivity index (χ1) is 4.27. The normalized spacial score (nSPS) is 9.56. The smallest absolute Gasteiger partial charge is 0.0621 e. The van der Waals surface area contributed by atoms with Gasteiger partial charge in [-0.05, 0) is 25.2 Å². The number of hydrogen-bond acceptors (Lipinski definition) is 1. The van der Waals surface area contributed by atoms with Crippen molar-refractivity contribution in [1.29, 1.82) is 5.26 Å². The summed E-state index contributed by atoms with van der Waals surface area (Å²) in [5, 5.41) is 8.16. The van der Waals surface area contributed by atoms with Gasteiger partial charge in [-0.15, -0.1) is 0 Å². The van der Waals surface area contributed by atoms with Crippen LogP contribution in [0.1, 0.15) is 33.1 Å². The largest absolute Gasteiger partial charge is 0.198 e. The van der Waals surface area contributed by atoms with E-state index >= 15 is 0 Å². The maximum atomic E-state index is 8.16. The van der Waals surface area contributed by atoms with Crippen LogP contribution in [0, 0.1) is 23.7 Å². The van der Waals surface area contributed by atoms with Crippen LogP contribution < -0.4 is 0 Å². The molecule has 0 aliphatic heterocycles. The van der Waals surface area contributed by atoms with Crippen molar-refractivity contribution in [2.75, 3.05) is 0 Å². The molecule has 0 rings (SSSR count). The van der Waals surface area contributed by atoms with Gasteiger partial charge in [0.1, 0.15) is 0 Å². The van der Waals surface area contributed by atoms with Gasteiger partial charge >= 0.3 is 0 Å². The summed E-state index contributed by atoms with van der Waals surface area (Å²) in [7, 11) is 0. The topological polar surface area (TPSA) is 23.8 Å². The van der Waals surface area contributed by atoms with Crippen molar-refractivity contribution in [3.63, 3.8) is 0 Å². The van der Waals surface area contributed by atoms with E-state index in [0.717, 1.165) is 18.8 Å². The van der Waals surface area contributed by atoms with Gasteiger partial charge in [-0.1, -0.05) is 13.8 Å². The monoisotopic (exact) mass is 124 g/mol. The lowest BCUT2D eigenvalue weighted by Gasteiger charge is -1.99. The summed E-state index contributed by atoms with van der Waals surface area (Å²) >= 11 is 0. The predicted molar refractivity (Wildman–Crippen MR) is 38.6 cm³/mol. The van der Waals surface area contributed by atoms with E-state index in [1.165, 1.54) is 0 Å². The Bertz CT molecular complexity index is 89.2. The van der Waals surface area contributed by atoms with E-state index in [4.69, 9.17) is 5.26 Å². The number of nitrogens with zero attached hydrogens (tertiary/aromatic N) is 1. The molecule has 0 spiro atoms. The Balaban J connectivity index is 2.85. The van der Waals surface area contributed by atoms with Crippen LogP contribution in [0.15, 0.2) is 0 Å². The highest BCUT2D eigenvalue weighted by atomic mass is 14.2. The Hall–Kier alpha value is -0.510. The summed E-state index contributed by atoms with van der Waals surface area (Å²) in [6, 6.07) is 2.11. The molecule has 0 heterocycles. The van der Waals surface area contributed by atoms with Gasteiger partial charge in [-0.2, -0.15) is 5.26 Å². The van der Waals surface area contributed by atoms with Crippen molar-refractivity contribution >= 4 is 0 Å². The fraction of sp³-hybridized carbons (Fsp3) is 0.750. The lowest BCUT2D eigenvalue weighted by Crippen LogP contribution is -1.86. The average molecular weight is 124 g/mol. The molecule has 0 fully saturated rings. The Kier molecular flexibility index (Phi) is 5.30. The lowest BCUT2D eigenvalue weighted by atomic mass is 10.1. The van der Waals surface area contributed by atoms with Crippen molar-refractivity contribution in [2.24, 2.45) is 5.92 Å². The molecule has 51 valence electrons. The van der Waals surface area contributed by atoms with E-state index < -0.39 is 0 Å². The first-order valence-corrected chi connectivity index (χ1v) is 3.46. The van der Waals surface area contributed by atoms with Crippen molar-refractivity contribution in [2.45, 2.75) is 33.1 Å². The van der Waals surface area contributed by atoms with Crippen LogP contribution >= 0.6 is 0 Å². The second-order valence-corrected chi connectivity index (χ2v) is 2.62. The molecule has 0 bridgehead atoms. The van der Waals surface area contributed by atoms with Crippen LogP contribution in [0.25, 0.3) is 0 Å². The van der Waals surface area contributed by atoms with Gasteiger partial charge < -0.3 is 0 Å².